The predicted octanol–water partition coefficient (Wildman–Crippen LogP) is 0.232. The van der Waals surface area contributed by atoms with Crippen LogP contribution in [0.5, 0.6) is 0 Å². The lowest BCUT2D eigenvalue weighted by atomic mass is 10.6. The molecule has 0 unspecified atom stereocenters. The minimum atomic E-state index is -0.290. The Morgan fingerprint density at radius 2 is 1.44 bits per heavy atom. The first kappa shape index (κ1) is 16.8. The van der Waals surface area contributed by atoms with Crippen molar-refractivity contribution in [1.29, 1.82) is 5.26 Å². The summed E-state index contributed by atoms with van der Waals surface area (Å²) in [6, 6.07) is 1.75. The van der Waals surface area contributed by atoms with Gasteiger partial charge in [0.15, 0.2) is 0 Å². The van der Waals surface area contributed by atoms with Crippen molar-refractivity contribution < 1.29 is 19.1 Å². The number of ether oxygens (including phenoxy) is 2. The van der Waals surface area contributed by atoms with Crippen LogP contribution in [-0.2, 0) is 19.1 Å². The van der Waals surface area contributed by atoms with Gasteiger partial charge in [0.1, 0.15) is 13.2 Å². The Kier molecular flexibility index (Phi) is 14.1. The van der Waals surface area contributed by atoms with Crippen molar-refractivity contribution in [3.8, 4) is 6.07 Å². The van der Waals surface area contributed by atoms with Crippen molar-refractivity contribution in [2.24, 2.45) is 0 Å². The maximum Gasteiger partial charge on any atom is 0.302 e. The number of carbonyl (C=O) groups excluding carboxylic acids is 2. The van der Waals surface area contributed by atoms with Crippen molar-refractivity contribution >= 4 is 11.9 Å². The maximum atomic E-state index is 10.3. The van der Waals surface area contributed by atoms with E-state index in [-0.39, 0.29) is 11.9 Å². The fraction of sp³-hybridized carbons (Fsp3) is 0.700. The lowest BCUT2D eigenvalue weighted by Gasteiger charge is -2.04. The number of nitrogens with one attached hydrogen (secondary N) is 1. The topological polar surface area (TPSA) is 88.4 Å². The van der Waals surface area contributed by atoms with Gasteiger partial charge in [-0.3, -0.25) is 9.59 Å². The molecule has 0 spiro atoms. The van der Waals surface area contributed by atoms with E-state index in [9.17, 15) is 9.59 Å². The van der Waals surface area contributed by atoms with Gasteiger partial charge in [-0.15, -0.1) is 0 Å². The van der Waals surface area contributed by atoms with Gasteiger partial charge in [0, 0.05) is 33.9 Å². The summed E-state index contributed by atoms with van der Waals surface area (Å²) in [4.78, 5) is 20.6. The molecule has 0 aromatic rings. The van der Waals surface area contributed by atoms with Crippen LogP contribution in [-0.4, -0.2) is 38.2 Å². The summed E-state index contributed by atoms with van der Waals surface area (Å²) < 4.78 is 9.32. The second-order valence-electron chi connectivity index (χ2n) is 2.65. The van der Waals surface area contributed by atoms with E-state index in [2.05, 4.69) is 14.8 Å². The predicted molar refractivity (Wildman–Crippen MR) is 57.4 cm³/mol. The van der Waals surface area contributed by atoms with E-state index in [1.165, 1.54) is 20.8 Å². The Morgan fingerprint density at radius 1 is 1.12 bits per heavy atom. The average molecular weight is 230 g/mol. The minimum absolute atomic E-state index is 0.290. The summed E-state index contributed by atoms with van der Waals surface area (Å²) >= 11 is 0. The van der Waals surface area contributed by atoms with Gasteiger partial charge >= 0.3 is 11.9 Å². The highest BCUT2D eigenvalue weighted by atomic mass is 16.5. The van der Waals surface area contributed by atoms with E-state index in [1.54, 1.807) is 6.07 Å². The Bertz CT molecular complexity index is 217. The molecule has 0 amide bonds. The Labute approximate surface area is 95.5 Å². The largest absolute Gasteiger partial charge is 0.465 e. The zero-order valence-electron chi connectivity index (χ0n) is 9.91. The lowest BCUT2D eigenvalue weighted by Crippen LogP contribution is -2.25. The molecule has 0 aliphatic rings. The fourth-order valence-corrected chi connectivity index (χ4v) is 0.659. The number of hydrogen-bond acceptors (Lipinski definition) is 6. The SMILES string of the molecule is CC#N.CC(=O)OCCNCCOC(C)=O. The molecule has 16 heavy (non-hydrogen) atoms. The van der Waals surface area contributed by atoms with Gasteiger partial charge in [-0.05, 0) is 0 Å². The number of nitriles is 1. The number of nitrogens with zero attached hydrogens (tertiary/aromatic N) is 1. The van der Waals surface area contributed by atoms with E-state index in [1.807, 2.05) is 0 Å². The minimum Gasteiger partial charge on any atom is -0.465 e. The molecule has 1 N–H and O–H groups in total. The average Bonchev–Trinajstić information content (AvgIpc) is 2.16. The maximum absolute atomic E-state index is 10.3. The van der Waals surface area contributed by atoms with Crippen LogP contribution in [0.4, 0.5) is 0 Å². The summed E-state index contributed by atoms with van der Waals surface area (Å²) in [5, 5.41) is 10.3. The molecule has 0 aliphatic heterocycles. The van der Waals surface area contributed by atoms with Gasteiger partial charge < -0.3 is 14.8 Å². The van der Waals surface area contributed by atoms with E-state index in [0.29, 0.717) is 26.3 Å². The fourth-order valence-electron chi connectivity index (χ4n) is 0.659. The first-order chi connectivity index (χ1) is 7.54. The summed E-state index contributed by atoms with van der Waals surface area (Å²) in [5.74, 6) is -0.580. The zero-order valence-corrected chi connectivity index (χ0v) is 9.91. The van der Waals surface area contributed by atoms with Crippen LogP contribution in [0.25, 0.3) is 0 Å². The van der Waals surface area contributed by atoms with E-state index in [0.717, 1.165) is 0 Å². The highest BCUT2D eigenvalue weighted by Crippen LogP contribution is 1.76. The highest BCUT2D eigenvalue weighted by Gasteiger charge is 1.93. The second-order valence-corrected chi connectivity index (χ2v) is 2.65. The van der Waals surface area contributed by atoms with Crippen LogP contribution in [0.1, 0.15) is 20.8 Å². The van der Waals surface area contributed by atoms with E-state index in [4.69, 9.17) is 5.26 Å². The van der Waals surface area contributed by atoms with Crippen LogP contribution in [0.2, 0.25) is 0 Å². The Balaban J connectivity index is 0. The summed E-state index contributed by atoms with van der Waals surface area (Å²) in [6.45, 7) is 5.98. The smallest absolute Gasteiger partial charge is 0.302 e. The van der Waals surface area contributed by atoms with Crippen molar-refractivity contribution in [2.45, 2.75) is 20.8 Å². The third-order valence-electron chi connectivity index (χ3n) is 1.17. The Morgan fingerprint density at radius 3 is 1.69 bits per heavy atom. The number of rotatable bonds is 6. The monoisotopic (exact) mass is 230 g/mol. The molecule has 0 bridgehead atoms. The van der Waals surface area contributed by atoms with Crippen LogP contribution in [0.3, 0.4) is 0 Å². The molecule has 6 heteroatoms. The van der Waals surface area contributed by atoms with Gasteiger partial charge in [-0.25, -0.2) is 0 Å². The molecule has 0 fully saturated rings. The molecule has 0 aromatic heterocycles. The summed E-state index contributed by atoms with van der Waals surface area (Å²) in [7, 11) is 0. The lowest BCUT2D eigenvalue weighted by molar-refractivity contribution is -0.141. The van der Waals surface area contributed by atoms with Gasteiger partial charge in [0.2, 0.25) is 0 Å². The van der Waals surface area contributed by atoms with E-state index < -0.39 is 0 Å². The Hall–Kier alpha value is -1.61. The molecule has 0 saturated carbocycles. The number of hydrogen-bond donors (Lipinski definition) is 1. The highest BCUT2D eigenvalue weighted by molar-refractivity contribution is 5.66. The first-order valence-electron chi connectivity index (χ1n) is 4.82. The van der Waals surface area contributed by atoms with Crippen LogP contribution >= 0.6 is 0 Å². The second kappa shape index (κ2) is 13.4. The number of carbonyl (C=O) groups is 2. The van der Waals surface area contributed by atoms with Crippen molar-refractivity contribution in [3.05, 3.63) is 0 Å². The van der Waals surface area contributed by atoms with Gasteiger partial charge in [0.05, 0.1) is 6.07 Å². The molecular formula is C10H18N2O4. The molecule has 0 radical (unpaired) electrons. The van der Waals surface area contributed by atoms with Crippen LogP contribution in [0.15, 0.2) is 0 Å². The van der Waals surface area contributed by atoms with Gasteiger partial charge in [-0.2, -0.15) is 5.26 Å². The summed E-state index contributed by atoms with van der Waals surface area (Å²) in [6.07, 6.45) is 0. The standard InChI is InChI=1S/C8H15NO4.C2H3N/c1-7(10)12-5-3-9-4-6-13-8(2)11;1-2-3/h9H,3-6H2,1-2H3;1H3. The molecule has 0 rings (SSSR count). The molecular weight excluding hydrogens is 212 g/mol. The van der Waals surface area contributed by atoms with Crippen LogP contribution in [0, 0.1) is 11.3 Å². The summed E-state index contributed by atoms with van der Waals surface area (Å²) in [5.41, 5.74) is 0. The third-order valence-corrected chi connectivity index (χ3v) is 1.17. The quantitative estimate of drug-likeness (QED) is 0.519. The molecule has 6 nitrogen and oxygen atoms in total. The first-order valence-corrected chi connectivity index (χ1v) is 4.82. The molecule has 0 heterocycles. The molecule has 92 valence electrons. The molecule has 0 aliphatic carbocycles. The normalized spacial score (nSPS) is 8.12. The van der Waals surface area contributed by atoms with Crippen molar-refractivity contribution in [1.82, 2.24) is 5.32 Å². The number of esters is 2. The van der Waals surface area contributed by atoms with Crippen molar-refractivity contribution in [3.63, 3.8) is 0 Å². The van der Waals surface area contributed by atoms with Gasteiger partial charge in [0.25, 0.3) is 0 Å². The van der Waals surface area contributed by atoms with Crippen LogP contribution < -0.4 is 5.32 Å². The zero-order chi connectivity index (χ0) is 12.8. The third kappa shape index (κ3) is 22.8. The molecule has 0 atom stereocenters. The molecule has 0 aromatic carbocycles. The van der Waals surface area contributed by atoms with Crippen molar-refractivity contribution in [2.75, 3.05) is 26.3 Å². The van der Waals surface area contributed by atoms with Gasteiger partial charge in [-0.1, -0.05) is 0 Å². The van der Waals surface area contributed by atoms with E-state index >= 15 is 0 Å². The molecule has 0 saturated heterocycles.